The summed E-state index contributed by atoms with van der Waals surface area (Å²) in [6.45, 7) is 5.84. The van der Waals surface area contributed by atoms with E-state index >= 15 is 0 Å². The summed E-state index contributed by atoms with van der Waals surface area (Å²) in [5.74, 6) is 0.325. The molecule has 2 heterocycles. The van der Waals surface area contributed by atoms with Crippen molar-refractivity contribution in [2.45, 2.75) is 26.3 Å². The topological polar surface area (TPSA) is 95.6 Å². The van der Waals surface area contributed by atoms with Gasteiger partial charge in [-0.1, -0.05) is 0 Å². The molecule has 2 aromatic rings. The van der Waals surface area contributed by atoms with E-state index in [2.05, 4.69) is 30.6 Å². The molecular weight excluding hydrogens is 268 g/mol. The molecule has 0 aliphatic carbocycles. The van der Waals surface area contributed by atoms with Gasteiger partial charge in [0.15, 0.2) is 11.5 Å². The highest BCUT2D eigenvalue weighted by molar-refractivity contribution is 6.28. The SMILES string of the molecule is CC(C)(C)NC(=O)CNc1nc(Cl)nc2nc[nH]c12. The first-order valence-electron chi connectivity index (χ1n) is 5.77. The number of H-pyrrole nitrogens is 1. The molecule has 0 aliphatic rings. The monoisotopic (exact) mass is 282 g/mol. The van der Waals surface area contributed by atoms with Crippen LogP contribution in [0.15, 0.2) is 6.33 Å². The summed E-state index contributed by atoms with van der Waals surface area (Å²) in [6, 6.07) is 0. The Morgan fingerprint density at radius 2 is 2.16 bits per heavy atom. The highest BCUT2D eigenvalue weighted by atomic mass is 35.5. The number of imidazole rings is 1. The van der Waals surface area contributed by atoms with Crippen LogP contribution in [-0.2, 0) is 4.79 Å². The molecule has 0 saturated heterocycles. The Morgan fingerprint density at radius 3 is 2.84 bits per heavy atom. The minimum absolute atomic E-state index is 0.0818. The van der Waals surface area contributed by atoms with Gasteiger partial charge in [-0.2, -0.15) is 9.97 Å². The molecular formula is C11H15ClN6O. The predicted octanol–water partition coefficient (Wildman–Crippen LogP) is 1.33. The molecule has 0 fully saturated rings. The van der Waals surface area contributed by atoms with Crippen LogP contribution < -0.4 is 10.6 Å². The average Bonchev–Trinajstić information content (AvgIpc) is 2.71. The second-order valence-corrected chi connectivity index (χ2v) is 5.43. The molecule has 0 bridgehead atoms. The lowest BCUT2D eigenvalue weighted by Gasteiger charge is -2.20. The zero-order chi connectivity index (χ0) is 14.0. The van der Waals surface area contributed by atoms with E-state index in [0.29, 0.717) is 17.0 Å². The first-order chi connectivity index (χ1) is 8.85. The van der Waals surface area contributed by atoms with Crippen molar-refractivity contribution in [2.75, 3.05) is 11.9 Å². The number of fused-ring (bicyclic) bond motifs is 1. The number of anilines is 1. The molecule has 102 valence electrons. The number of nitrogens with one attached hydrogen (secondary N) is 3. The van der Waals surface area contributed by atoms with Crippen molar-refractivity contribution in [3.05, 3.63) is 11.6 Å². The van der Waals surface area contributed by atoms with Gasteiger partial charge in [0.1, 0.15) is 5.52 Å². The van der Waals surface area contributed by atoms with Gasteiger partial charge in [0, 0.05) is 5.54 Å². The third-order valence-corrected chi connectivity index (χ3v) is 2.36. The van der Waals surface area contributed by atoms with Gasteiger partial charge in [0.2, 0.25) is 11.2 Å². The van der Waals surface area contributed by atoms with Gasteiger partial charge in [-0.05, 0) is 32.4 Å². The van der Waals surface area contributed by atoms with E-state index in [-0.39, 0.29) is 23.3 Å². The van der Waals surface area contributed by atoms with Crippen molar-refractivity contribution in [1.29, 1.82) is 0 Å². The lowest BCUT2D eigenvalue weighted by atomic mass is 10.1. The molecule has 2 rings (SSSR count). The van der Waals surface area contributed by atoms with Crippen molar-refractivity contribution in [1.82, 2.24) is 25.3 Å². The molecule has 8 heteroatoms. The van der Waals surface area contributed by atoms with Crippen LogP contribution in [0.1, 0.15) is 20.8 Å². The quantitative estimate of drug-likeness (QED) is 0.738. The van der Waals surface area contributed by atoms with E-state index in [4.69, 9.17) is 11.6 Å². The summed E-state index contributed by atoms with van der Waals surface area (Å²) in [4.78, 5) is 26.6. The maximum atomic E-state index is 11.7. The van der Waals surface area contributed by atoms with Gasteiger partial charge in [0.25, 0.3) is 0 Å². The second-order valence-electron chi connectivity index (χ2n) is 5.09. The van der Waals surface area contributed by atoms with Crippen LogP contribution in [0, 0.1) is 0 Å². The third kappa shape index (κ3) is 3.54. The van der Waals surface area contributed by atoms with Crippen molar-refractivity contribution >= 4 is 34.5 Å². The number of nitrogens with zero attached hydrogens (tertiary/aromatic N) is 3. The van der Waals surface area contributed by atoms with Gasteiger partial charge in [-0.15, -0.1) is 0 Å². The summed E-state index contributed by atoms with van der Waals surface area (Å²) >= 11 is 5.79. The number of halogens is 1. The van der Waals surface area contributed by atoms with Crippen LogP contribution in [0.25, 0.3) is 11.2 Å². The van der Waals surface area contributed by atoms with Gasteiger partial charge in [-0.25, -0.2) is 4.98 Å². The van der Waals surface area contributed by atoms with Crippen LogP contribution in [0.4, 0.5) is 5.82 Å². The van der Waals surface area contributed by atoms with Crippen LogP contribution >= 0.6 is 11.6 Å². The van der Waals surface area contributed by atoms with Crippen LogP contribution in [0.2, 0.25) is 5.28 Å². The molecule has 0 aliphatic heterocycles. The molecule has 2 aromatic heterocycles. The van der Waals surface area contributed by atoms with Crippen molar-refractivity contribution < 1.29 is 4.79 Å². The Morgan fingerprint density at radius 1 is 1.42 bits per heavy atom. The fourth-order valence-corrected chi connectivity index (χ4v) is 1.73. The fourth-order valence-electron chi connectivity index (χ4n) is 1.56. The Labute approximate surface area is 115 Å². The smallest absolute Gasteiger partial charge is 0.239 e. The van der Waals surface area contributed by atoms with Gasteiger partial charge in [0.05, 0.1) is 12.9 Å². The summed E-state index contributed by atoms with van der Waals surface area (Å²) < 4.78 is 0. The Kier molecular flexibility index (Phi) is 3.57. The molecule has 3 N–H and O–H groups in total. The van der Waals surface area contributed by atoms with Crippen LogP contribution in [0.5, 0.6) is 0 Å². The minimum atomic E-state index is -0.272. The molecule has 0 aromatic carbocycles. The molecule has 19 heavy (non-hydrogen) atoms. The molecule has 0 spiro atoms. The standard InChI is InChI=1S/C11H15ClN6O/c1-11(2,3)18-6(19)4-13-8-7-9(15-5-14-7)17-10(12)16-8/h5H,4H2,1-3H3,(H,18,19)(H2,13,14,15,16,17). The van der Waals surface area contributed by atoms with Crippen LogP contribution in [-0.4, -0.2) is 37.9 Å². The molecule has 1 amide bonds. The number of hydrogen-bond donors (Lipinski definition) is 3. The Hall–Kier alpha value is -1.89. The Bertz CT molecular complexity index is 603. The van der Waals surface area contributed by atoms with E-state index < -0.39 is 0 Å². The predicted molar refractivity (Wildman–Crippen MR) is 73.1 cm³/mol. The van der Waals surface area contributed by atoms with Crippen LogP contribution in [0.3, 0.4) is 0 Å². The van der Waals surface area contributed by atoms with Gasteiger partial charge in [-0.3, -0.25) is 4.79 Å². The third-order valence-electron chi connectivity index (χ3n) is 2.19. The van der Waals surface area contributed by atoms with Crippen molar-refractivity contribution in [3.63, 3.8) is 0 Å². The normalized spacial score (nSPS) is 11.6. The zero-order valence-corrected chi connectivity index (χ0v) is 11.7. The number of hydrogen-bond acceptors (Lipinski definition) is 5. The largest absolute Gasteiger partial charge is 0.359 e. The lowest BCUT2D eigenvalue weighted by molar-refractivity contribution is -0.120. The van der Waals surface area contributed by atoms with Crippen molar-refractivity contribution in [2.24, 2.45) is 0 Å². The van der Waals surface area contributed by atoms with E-state index in [0.717, 1.165) is 0 Å². The maximum absolute atomic E-state index is 11.7. The summed E-state index contributed by atoms with van der Waals surface area (Å²) in [6.07, 6.45) is 1.50. The molecule has 0 unspecified atom stereocenters. The summed E-state index contributed by atoms with van der Waals surface area (Å²) in [5.41, 5.74) is 0.803. The lowest BCUT2D eigenvalue weighted by Crippen LogP contribution is -2.43. The summed E-state index contributed by atoms with van der Waals surface area (Å²) in [5, 5.41) is 5.84. The van der Waals surface area contributed by atoms with E-state index in [1.165, 1.54) is 6.33 Å². The number of rotatable bonds is 3. The second kappa shape index (κ2) is 5.00. The minimum Gasteiger partial charge on any atom is -0.359 e. The number of carbonyl (C=O) groups is 1. The van der Waals surface area contributed by atoms with Gasteiger partial charge < -0.3 is 15.6 Å². The molecule has 0 radical (unpaired) electrons. The van der Waals surface area contributed by atoms with Gasteiger partial charge >= 0.3 is 0 Å². The first-order valence-corrected chi connectivity index (χ1v) is 6.14. The molecule has 0 saturated carbocycles. The maximum Gasteiger partial charge on any atom is 0.239 e. The average molecular weight is 283 g/mol. The molecule has 7 nitrogen and oxygen atoms in total. The first kappa shape index (κ1) is 13.5. The van der Waals surface area contributed by atoms with E-state index in [1.54, 1.807) is 0 Å². The summed E-state index contributed by atoms with van der Waals surface area (Å²) in [7, 11) is 0. The van der Waals surface area contributed by atoms with Crippen molar-refractivity contribution in [3.8, 4) is 0 Å². The fraction of sp³-hybridized carbons (Fsp3) is 0.455. The zero-order valence-electron chi connectivity index (χ0n) is 10.9. The highest BCUT2D eigenvalue weighted by Gasteiger charge is 2.14. The number of aromatic amines is 1. The Balaban J connectivity index is 2.09. The number of aromatic nitrogens is 4. The van der Waals surface area contributed by atoms with E-state index in [1.807, 2.05) is 20.8 Å². The molecule has 0 atom stereocenters. The number of carbonyl (C=O) groups excluding carboxylic acids is 1. The number of amides is 1. The highest BCUT2D eigenvalue weighted by Crippen LogP contribution is 2.18. The van der Waals surface area contributed by atoms with E-state index in [9.17, 15) is 4.79 Å².